The fourth-order valence-electron chi connectivity index (χ4n) is 3.84. The third-order valence-electron chi connectivity index (χ3n) is 5.51. The predicted octanol–water partition coefficient (Wildman–Crippen LogP) is 2.87. The number of pyridine rings is 1. The first kappa shape index (κ1) is 22.0. The van der Waals surface area contributed by atoms with Crippen molar-refractivity contribution in [3.63, 3.8) is 0 Å². The maximum absolute atomic E-state index is 9.79. The second kappa shape index (κ2) is 10.4. The van der Waals surface area contributed by atoms with E-state index in [0.717, 1.165) is 65.5 Å². The van der Waals surface area contributed by atoms with Crippen molar-refractivity contribution in [2.24, 2.45) is 0 Å². The van der Waals surface area contributed by atoms with Crippen LogP contribution in [-0.4, -0.2) is 69.4 Å². The number of nitrogens with zero attached hydrogens (tertiary/aromatic N) is 5. The lowest BCUT2D eigenvalue weighted by molar-refractivity contribution is 0.126. The van der Waals surface area contributed by atoms with E-state index < -0.39 is 0 Å². The van der Waals surface area contributed by atoms with Crippen LogP contribution < -0.4 is 5.32 Å². The van der Waals surface area contributed by atoms with E-state index in [1.165, 1.54) is 0 Å². The molecule has 0 aliphatic heterocycles. The molecular formula is C22H30N6O2S. The van der Waals surface area contributed by atoms with Gasteiger partial charge in [0.15, 0.2) is 0 Å². The van der Waals surface area contributed by atoms with E-state index in [2.05, 4.69) is 28.3 Å². The number of nitrogens with one attached hydrogen (secondary N) is 1. The molecule has 3 heterocycles. The molecule has 0 saturated heterocycles. The average Bonchev–Trinajstić information content (AvgIpc) is 3.16. The number of hydrogen-bond donors (Lipinski definition) is 2. The molecule has 0 unspecified atom stereocenters. The minimum absolute atomic E-state index is 0.178. The molecule has 166 valence electrons. The number of hydrogen-bond acceptors (Lipinski definition) is 9. The molecule has 2 N–H and O–H groups in total. The van der Waals surface area contributed by atoms with Gasteiger partial charge in [-0.1, -0.05) is 11.3 Å². The van der Waals surface area contributed by atoms with Crippen molar-refractivity contribution in [2.75, 3.05) is 32.6 Å². The molecular weight excluding hydrogens is 412 g/mol. The Kier molecular flexibility index (Phi) is 7.39. The number of methoxy groups -OCH3 is 1. The topological polar surface area (TPSA) is 96.3 Å². The first-order valence-electron chi connectivity index (χ1n) is 10.8. The summed E-state index contributed by atoms with van der Waals surface area (Å²) in [6, 6.07) is 6.26. The summed E-state index contributed by atoms with van der Waals surface area (Å²) in [5.41, 5.74) is 2.85. The second-order valence-corrected chi connectivity index (χ2v) is 9.23. The van der Waals surface area contributed by atoms with Crippen molar-refractivity contribution >= 4 is 27.6 Å². The van der Waals surface area contributed by atoms with Gasteiger partial charge >= 0.3 is 0 Å². The van der Waals surface area contributed by atoms with Crippen LogP contribution in [0.3, 0.4) is 0 Å². The predicted molar refractivity (Wildman–Crippen MR) is 122 cm³/mol. The van der Waals surface area contributed by atoms with Gasteiger partial charge in [-0.2, -0.15) is 0 Å². The fraction of sp³-hybridized carbons (Fsp3) is 0.545. The zero-order valence-corrected chi connectivity index (χ0v) is 18.9. The SMILES string of the molecule is COCCN(C)Cc1cc(Cc2nc3cccnc3s2)nc(NC2CCC(O)CC2)n1. The summed E-state index contributed by atoms with van der Waals surface area (Å²) >= 11 is 1.61. The molecule has 4 rings (SSSR count). The van der Waals surface area contributed by atoms with E-state index in [4.69, 9.17) is 19.7 Å². The Balaban J connectivity index is 1.53. The van der Waals surface area contributed by atoms with Crippen molar-refractivity contribution in [1.29, 1.82) is 0 Å². The van der Waals surface area contributed by atoms with Crippen molar-refractivity contribution in [3.8, 4) is 0 Å². The first-order chi connectivity index (χ1) is 15.1. The number of likely N-dealkylation sites (N-methyl/N-ethyl adjacent to an activating group) is 1. The third-order valence-corrected chi connectivity index (χ3v) is 6.49. The number of aromatic nitrogens is 4. The summed E-state index contributed by atoms with van der Waals surface area (Å²) in [7, 11) is 3.78. The largest absolute Gasteiger partial charge is 0.393 e. The molecule has 1 saturated carbocycles. The van der Waals surface area contributed by atoms with Gasteiger partial charge in [0.2, 0.25) is 5.95 Å². The molecule has 1 aliphatic rings. The third kappa shape index (κ3) is 6.16. The van der Waals surface area contributed by atoms with Crippen LogP contribution in [-0.2, 0) is 17.7 Å². The number of thiazole rings is 1. The molecule has 0 radical (unpaired) electrons. The average molecular weight is 443 g/mol. The standard InChI is InChI=1S/C22H30N6O2S/c1-28(10-11-30-2)14-17-12-16(13-20-27-19-4-3-9-23-21(19)31-20)25-22(26-17)24-15-5-7-18(29)8-6-15/h3-4,9,12,15,18,29H,5-8,10-11,13-14H2,1-2H3,(H,24,25,26). The van der Waals surface area contributed by atoms with Crippen LogP contribution in [0.4, 0.5) is 5.95 Å². The molecule has 31 heavy (non-hydrogen) atoms. The zero-order valence-electron chi connectivity index (χ0n) is 18.1. The Morgan fingerprint density at radius 3 is 2.77 bits per heavy atom. The van der Waals surface area contributed by atoms with Gasteiger partial charge in [-0.3, -0.25) is 4.90 Å². The molecule has 1 fully saturated rings. The van der Waals surface area contributed by atoms with Gasteiger partial charge in [0.25, 0.3) is 0 Å². The van der Waals surface area contributed by atoms with E-state index in [9.17, 15) is 5.11 Å². The quantitative estimate of drug-likeness (QED) is 0.522. The molecule has 0 spiro atoms. The molecule has 0 bridgehead atoms. The summed E-state index contributed by atoms with van der Waals surface area (Å²) in [5.74, 6) is 0.660. The minimum atomic E-state index is -0.178. The van der Waals surface area contributed by atoms with E-state index >= 15 is 0 Å². The highest BCUT2D eigenvalue weighted by molar-refractivity contribution is 7.18. The minimum Gasteiger partial charge on any atom is -0.393 e. The number of aliphatic hydroxyl groups excluding tert-OH is 1. The maximum Gasteiger partial charge on any atom is 0.223 e. The van der Waals surface area contributed by atoms with Crippen LogP contribution in [0.1, 0.15) is 42.1 Å². The fourth-order valence-corrected chi connectivity index (χ4v) is 4.76. The Labute approximate surface area is 186 Å². The van der Waals surface area contributed by atoms with E-state index in [-0.39, 0.29) is 6.10 Å². The van der Waals surface area contributed by atoms with Crippen LogP contribution >= 0.6 is 11.3 Å². The smallest absolute Gasteiger partial charge is 0.223 e. The highest BCUT2D eigenvalue weighted by atomic mass is 32.1. The Bertz CT molecular complexity index is 956. The summed E-state index contributed by atoms with van der Waals surface area (Å²) in [4.78, 5) is 21.8. The van der Waals surface area contributed by atoms with Crippen molar-refractivity contribution in [1.82, 2.24) is 24.8 Å². The highest BCUT2D eigenvalue weighted by Crippen LogP contribution is 2.24. The van der Waals surface area contributed by atoms with Crippen LogP contribution in [0.25, 0.3) is 10.3 Å². The molecule has 9 heteroatoms. The van der Waals surface area contributed by atoms with Crippen molar-refractivity contribution in [3.05, 3.63) is 40.8 Å². The molecule has 1 aliphatic carbocycles. The van der Waals surface area contributed by atoms with Gasteiger partial charge in [0.1, 0.15) is 15.4 Å². The molecule has 3 aromatic rings. The van der Waals surface area contributed by atoms with E-state index in [1.54, 1.807) is 24.6 Å². The van der Waals surface area contributed by atoms with Gasteiger partial charge in [0.05, 0.1) is 24.1 Å². The second-order valence-electron chi connectivity index (χ2n) is 8.17. The van der Waals surface area contributed by atoms with Crippen LogP contribution in [0, 0.1) is 0 Å². The van der Waals surface area contributed by atoms with Gasteiger partial charge < -0.3 is 15.2 Å². The zero-order chi connectivity index (χ0) is 21.6. The molecule has 8 nitrogen and oxygen atoms in total. The number of aliphatic hydroxyl groups is 1. The van der Waals surface area contributed by atoms with Gasteiger partial charge in [-0.15, -0.1) is 0 Å². The monoisotopic (exact) mass is 442 g/mol. The summed E-state index contributed by atoms with van der Waals surface area (Å²) < 4.78 is 5.19. The van der Waals surface area contributed by atoms with Crippen molar-refractivity contribution in [2.45, 2.75) is 50.8 Å². The number of ether oxygens (including phenoxy) is 1. The summed E-state index contributed by atoms with van der Waals surface area (Å²) in [6.07, 6.45) is 5.78. The Hall–Kier alpha value is -2.20. The lowest BCUT2D eigenvalue weighted by Gasteiger charge is -2.26. The number of rotatable bonds is 9. The molecule has 0 aromatic carbocycles. The molecule has 0 atom stereocenters. The molecule has 3 aromatic heterocycles. The van der Waals surface area contributed by atoms with Crippen LogP contribution in [0.2, 0.25) is 0 Å². The summed E-state index contributed by atoms with van der Waals surface area (Å²) in [5, 5.41) is 14.3. The van der Waals surface area contributed by atoms with Gasteiger partial charge in [-0.25, -0.2) is 19.9 Å². The highest BCUT2D eigenvalue weighted by Gasteiger charge is 2.20. The van der Waals surface area contributed by atoms with Gasteiger partial charge in [0, 0.05) is 38.9 Å². The number of fused-ring (bicyclic) bond motifs is 1. The van der Waals surface area contributed by atoms with E-state index in [0.29, 0.717) is 25.0 Å². The normalized spacial score (nSPS) is 19.2. The molecule has 0 amide bonds. The van der Waals surface area contributed by atoms with Crippen LogP contribution in [0.5, 0.6) is 0 Å². The van der Waals surface area contributed by atoms with E-state index in [1.807, 2.05) is 12.1 Å². The van der Waals surface area contributed by atoms with Crippen molar-refractivity contribution < 1.29 is 9.84 Å². The Morgan fingerprint density at radius 2 is 2.00 bits per heavy atom. The summed E-state index contributed by atoms with van der Waals surface area (Å²) in [6.45, 7) is 2.24. The Morgan fingerprint density at radius 1 is 1.19 bits per heavy atom. The number of anilines is 1. The van der Waals surface area contributed by atoms with Crippen LogP contribution in [0.15, 0.2) is 24.4 Å². The van der Waals surface area contributed by atoms with Gasteiger partial charge in [-0.05, 0) is 50.9 Å². The first-order valence-corrected chi connectivity index (χ1v) is 11.6. The maximum atomic E-state index is 9.79. The lowest BCUT2D eigenvalue weighted by atomic mass is 9.93. The lowest BCUT2D eigenvalue weighted by Crippen LogP contribution is -2.29.